The number of carbonyl (C=O) groups is 1. The zero-order valence-corrected chi connectivity index (χ0v) is 19.9. The summed E-state index contributed by atoms with van der Waals surface area (Å²) in [4.78, 5) is 23.0. The molecule has 8 nitrogen and oxygen atoms in total. The van der Waals surface area contributed by atoms with Crippen molar-refractivity contribution in [1.82, 2.24) is 20.0 Å². The molecule has 0 aliphatic carbocycles. The number of pyridine rings is 1. The van der Waals surface area contributed by atoms with Crippen molar-refractivity contribution in [1.29, 1.82) is 0 Å². The lowest BCUT2D eigenvalue weighted by atomic mass is 10.1. The molecule has 0 aromatic carbocycles. The highest BCUT2D eigenvalue weighted by Gasteiger charge is 2.33. The van der Waals surface area contributed by atoms with Crippen LogP contribution in [0.15, 0.2) is 22.9 Å². The lowest BCUT2D eigenvalue weighted by molar-refractivity contribution is 0.0291. The van der Waals surface area contributed by atoms with E-state index in [0.29, 0.717) is 24.8 Å². The van der Waals surface area contributed by atoms with Crippen molar-refractivity contribution < 1.29 is 14.1 Å². The summed E-state index contributed by atoms with van der Waals surface area (Å²) in [6, 6.07) is 3.90. The Hall–Kier alpha value is -2.64. The molecule has 0 saturated carbocycles. The number of nitrogens with one attached hydrogen (secondary N) is 1. The van der Waals surface area contributed by atoms with Crippen molar-refractivity contribution in [2.45, 2.75) is 84.2 Å². The quantitative estimate of drug-likeness (QED) is 0.476. The third kappa shape index (κ3) is 7.21. The van der Waals surface area contributed by atoms with Gasteiger partial charge in [0.2, 0.25) is 11.7 Å². The molecule has 1 aliphatic rings. The van der Waals surface area contributed by atoms with E-state index in [1.807, 2.05) is 32.9 Å². The Morgan fingerprint density at radius 1 is 1.22 bits per heavy atom. The van der Waals surface area contributed by atoms with Crippen LogP contribution in [0.25, 0.3) is 11.4 Å². The van der Waals surface area contributed by atoms with Crippen LogP contribution in [-0.2, 0) is 4.74 Å². The Kier molecular flexibility index (Phi) is 8.47. The second kappa shape index (κ2) is 11.3. The summed E-state index contributed by atoms with van der Waals surface area (Å²) in [6.07, 6.45) is 9.90. The fourth-order valence-corrected chi connectivity index (χ4v) is 3.72. The monoisotopic (exact) mass is 443 g/mol. The minimum Gasteiger partial charge on any atom is -0.444 e. The lowest BCUT2D eigenvalue weighted by Gasteiger charge is -2.24. The summed E-state index contributed by atoms with van der Waals surface area (Å²) < 4.78 is 11.0. The minimum absolute atomic E-state index is 0.0231. The third-order valence-corrected chi connectivity index (χ3v) is 5.49. The molecular formula is C24H37N5O3. The van der Waals surface area contributed by atoms with Crippen LogP contribution in [0.3, 0.4) is 0 Å². The van der Waals surface area contributed by atoms with E-state index >= 15 is 0 Å². The summed E-state index contributed by atoms with van der Waals surface area (Å²) in [5.74, 6) is 1.95. The number of hydrogen-bond donors (Lipinski definition) is 1. The van der Waals surface area contributed by atoms with Gasteiger partial charge in [-0.05, 0) is 45.7 Å². The first-order chi connectivity index (χ1) is 15.4. The van der Waals surface area contributed by atoms with Crippen molar-refractivity contribution in [3.8, 4) is 11.4 Å². The number of carbonyl (C=O) groups excluding carboxylic acids is 1. The molecule has 0 bridgehead atoms. The average molecular weight is 444 g/mol. The standard InChI is InChI=1S/C24H37N5O3/c1-5-6-7-8-9-10-14-25-20-12-11-18(16-26-20)21-27-22(32-28-21)19-13-15-29(17-19)23(30)31-24(2,3)4/h11-12,16,19H,5-10,13-15,17H2,1-4H3,(H,25,26)/t19-/m1/s1. The van der Waals surface area contributed by atoms with E-state index in [1.165, 1.54) is 32.1 Å². The van der Waals surface area contributed by atoms with E-state index in [4.69, 9.17) is 9.26 Å². The van der Waals surface area contributed by atoms with Gasteiger partial charge in [0.1, 0.15) is 11.4 Å². The number of amides is 1. The molecule has 2 aromatic heterocycles. The Balaban J connectivity index is 1.47. The largest absolute Gasteiger partial charge is 0.444 e. The molecule has 1 fully saturated rings. The van der Waals surface area contributed by atoms with Gasteiger partial charge in [0.15, 0.2) is 0 Å². The number of hydrogen-bond acceptors (Lipinski definition) is 7. The van der Waals surface area contributed by atoms with Gasteiger partial charge < -0.3 is 19.5 Å². The maximum atomic E-state index is 12.3. The van der Waals surface area contributed by atoms with Crippen LogP contribution < -0.4 is 5.32 Å². The summed E-state index contributed by atoms with van der Waals surface area (Å²) in [7, 11) is 0. The highest BCUT2D eigenvalue weighted by atomic mass is 16.6. The normalized spacial score (nSPS) is 16.4. The molecule has 0 radical (unpaired) electrons. The van der Waals surface area contributed by atoms with Gasteiger partial charge in [0.25, 0.3) is 0 Å². The average Bonchev–Trinajstić information content (AvgIpc) is 3.42. The van der Waals surface area contributed by atoms with E-state index in [-0.39, 0.29) is 12.0 Å². The maximum Gasteiger partial charge on any atom is 0.410 e. The summed E-state index contributed by atoms with van der Waals surface area (Å²) in [5.41, 5.74) is 0.308. The van der Waals surface area contributed by atoms with Crippen molar-refractivity contribution >= 4 is 11.9 Å². The molecule has 0 unspecified atom stereocenters. The number of rotatable bonds is 10. The van der Waals surface area contributed by atoms with Gasteiger partial charge in [-0.1, -0.05) is 44.2 Å². The van der Waals surface area contributed by atoms with Crippen LogP contribution in [0.1, 0.15) is 84.4 Å². The van der Waals surface area contributed by atoms with E-state index < -0.39 is 5.60 Å². The molecule has 8 heteroatoms. The topological polar surface area (TPSA) is 93.4 Å². The molecule has 32 heavy (non-hydrogen) atoms. The van der Waals surface area contributed by atoms with Crippen LogP contribution >= 0.6 is 0 Å². The molecule has 1 saturated heterocycles. The summed E-state index contributed by atoms with van der Waals surface area (Å²) >= 11 is 0. The Morgan fingerprint density at radius 3 is 2.72 bits per heavy atom. The van der Waals surface area contributed by atoms with E-state index in [9.17, 15) is 4.79 Å². The molecule has 3 heterocycles. The number of likely N-dealkylation sites (tertiary alicyclic amines) is 1. The van der Waals surface area contributed by atoms with E-state index in [1.54, 1.807) is 11.1 Å². The van der Waals surface area contributed by atoms with Gasteiger partial charge in [-0.25, -0.2) is 9.78 Å². The first kappa shape index (κ1) is 24.0. The predicted molar refractivity (Wildman–Crippen MR) is 125 cm³/mol. The second-order valence-corrected chi connectivity index (χ2v) is 9.49. The molecule has 1 N–H and O–H groups in total. The van der Waals surface area contributed by atoms with Crippen LogP contribution in [0.2, 0.25) is 0 Å². The van der Waals surface area contributed by atoms with Gasteiger partial charge in [-0.3, -0.25) is 0 Å². The van der Waals surface area contributed by atoms with Crippen molar-refractivity contribution in [3.05, 3.63) is 24.2 Å². The molecule has 0 spiro atoms. The van der Waals surface area contributed by atoms with Gasteiger partial charge >= 0.3 is 6.09 Å². The van der Waals surface area contributed by atoms with Crippen LogP contribution in [0.5, 0.6) is 0 Å². The molecule has 2 aromatic rings. The zero-order chi connectivity index (χ0) is 23.0. The smallest absolute Gasteiger partial charge is 0.410 e. The van der Waals surface area contributed by atoms with Crippen LogP contribution in [0, 0.1) is 0 Å². The van der Waals surface area contributed by atoms with Crippen molar-refractivity contribution in [2.75, 3.05) is 25.0 Å². The maximum absolute atomic E-state index is 12.3. The van der Waals surface area contributed by atoms with Gasteiger partial charge in [-0.15, -0.1) is 0 Å². The Labute approximate surface area is 191 Å². The Morgan fingerprint density at radius 2 is 2.00 bits per heavy atom. The minimum atomic E-state index is -0.504. The molecule has 176 valence electrons. The molecular weight excluding hydrogens is 406 g/mol. The highest BCUT2D eigenvalue weighted by molar-refractivity contribution is 5.68. The zero-order valence-electron chi connectivity index (χ0n) is 19.9. The number of ether oxygens (including phenoxy) is 1. The summed E-state index contributed by atoms with van der Waals surface area (Å²) in [5, 5.41) is 7.49. The first-order valence-corrected chi connectivity index (χ1v) is 11.9. The van der Waals surface area contributed by atoms with Gasteiger partial charge in [0.05, 0.1) is 5.92 Å². The first-order valence-electron chi connectivity index (χ1n) is 11.9. The van der Waals surface area contributed by atoms with Crippen LogP contribution in [0.4, 0.5) is 10.6 Å². The Bertz CT molecular complexity index is 844. The van der Waals surface area contributed by atoms with Crippen LogP contribution in [-0.4, -0.2) is 51.4 Å². The number of nitrogens with zero attached hydrogens (tertiary/aromatic N) is 4. The predicted octanol–water partition coefficient (Wildman–Crippen LogP) is 5.63. The number of anilines is 1. The summed E-state index contributed by atoms with van der Waals surface area (Å²) in [6.45, 7) is 9.92. The number of unbranched alkanes of at least 4 members (excludes halogenated alkanes) is 5. The molecule has 1 amide bonds. The SMILES string of the molecule is CCCCCCCCNc1ccc(-c2noc([C@@H]3CCN(C(=O)OC(C)(C)C)C3)n2)cn1. The van der Waals surface area contributed by atoms with Gasteiger partial charge in [-0.2, -0.15) is 4.98 Å². The third-order valence-electron chi connectivity index (χ3n) is 5.49. The lowest BCUT2D eigenvalue weighted by Crippen LogP contribution is -2.35. The highest BCUT2D eigenvalue weighted by Crippen LogP contribution is 2.29. The van der Waals surface area contributed by atoms with Gasteiger partial charge in [0, 0.05) is 31.4 Å². The van der Waals surface area contributed by atoms with E-state index in [2.05, 4.69) is 27.4 Å². The fraction of sp³-hybridized carbons (Fsp3) is 0.667. The molecule has 3 rings (SSSR count). The second-order valence-electron chi connectivity index (χ2n) is 9.49. The molecule has 1 aliphatic heterocycles. The molecule has 1 atom stereocenters. The fourth-order valence-electron chi connectivity index (χ4n) is 3.72. The van der Waals surface area contributed by atoms with E-state index in [0.717, 1.165) is 30.8 Å². The van der Waals surface area contributed by atoms with Crippen molar-refractivity contribution in [3.63, 3.8) is 0 Å². The number of aromatic nitrogens is 3. The van der Waals surface area contributed by atoms with Crippen molar-refractivity contribution in [2.24, 2.45) is 0 Å².